The molecule has 0 saturated carbocycles. The fraction of sp³-hybridized carbons (Fsp3) is 0.412. The number of hydrogen-bond acceptors (Lipinski definition) is 4. The third-order valence-corrected chi connectivity index (χ3v) is 4.26. The number of hydrogen-bond donors (Lipinski definition) is 1. The number of piperidine rings is 1. The summed E-state index contributed by atoms with van der Waals surface area (Å²) in [5, 5.41) is 8.67. The van der Waals surface area contributed by atoms with Crippen molar-refractivity contribution in [2.24, 2.45) is 0 Å². The second-order valence-electron chi connectivity index (χ2n) is 6.15. The van der Waals surface area contributed by atoms with Crippen LogP contribution in [0.4, 0.5) is 0 Å². The summed E-state index contributed by atoms with van der Waals surface area (Å²) < 4.78 is 6.18. The van der Waals surface area contributed by atoms with Crippen LogP contribution in [0.15, 0.2) is 24.3 Å². The molecule has 0 radical (unpaired) electrons. The van der Waals surface area contributed by atoms with Crippen molar-refractivity contribution in [1.82, 2.24) is 4.90 Å². The minimum atomic E-state index is -1.01. The number of likely N-dealkylation sites (N-methyl/N-ethyl adjacent to an activating group) is 1. The number of carbonyl (C=O) groups excluding carboxylic acids is 1. The molecule has 2 heterocycles. The van der Waals surface area contributed by atoms with Crippen molar-refractivity contribution in [3.63, 3.8) is 0 Å². The van der Waals surface area contributed by atoms with Crippen molar-refractivity contribution in [1.29, 1.82) is 0 Å². The number of ether oxygens (including phenoxy) is 1. The molecule has 0 aromatic heterocycles. The smallest absolute Gasteiger partial charge is 0.328 e. The molecular weight excluding hydrogens is 282 g/mol. The predicted octanol–water partition coefficient (Wildman–Crippen LogP) is 2.21. The van der Waals surface area contributed by atoms with Crippen LogP contribution < -0.4 is 4.74 Å². The molecule has 2 aliphatic heterocycles. The lowest BCUT2D eigenvalue weighted by atomic mass is 9.83. The first-order valence-electron chi connectivity index (χ1n) is 7.43. The van der Waals surface area contributed by atoms with Gasteiger partial charge in [0.15, 0.2) is 5.78 Å². The third-order valence-electron chi connectivity index (χ3n) is 4.26. The van der Waals surface area contributed by atoms with Crippen molar-refractivity contribution in [2.45, 2.75) is 24.9 Å². The Morgan fingerprint density at radius 1 is 1.45 bits per heavy atom. The molecule has 1 atom stereocenters. The van der Waals surface area contributed by atoms with Gasteiger partial charge in [-0.05, 0) is 50.2 Å². The van der Waals surface area contributed by atoms with E-state index in [1.54, 1.807) is 18.2 Å². The van der Waals surface area contributed by atoms with Gasteiger partial charge < -0.3 is 14.7 Å². The Balaban J connectivity index is 1.88. The first-order valence-corrected chi connectivity index (χ1v) is 7.43. The molecule has 1 spiro atoms. The first kappa shape index (κ1) is 14.8. The molecule has 1 N–H and O–H groups in total. The molecule has 1 aromatic carbocycles. The predicted molar refractivity (Wildman–Crippen MR) is 82.1 cm³/mol. The first-order chi connectivity index (χ1) is 10.5. The highest BCUT2D eigenvalue weighted by Gasteiger charge is 2.42. The zero-order chi connectivity index (χ0) is 15.7. The van der Waals surface area contributed by atoms with Crippen molar-refractivity contribution >= 4 is 17.8 Å². The molecule has 1 aromatic rings. The van der Waals surface area contributed by atoms with Gasteiger partial charge in [0, 0.05) is 12.6 Å². The lowest BCUT2D eigenvalue weighted by Crippen LogP contribution is -2.53. The second-order valence-corrected chi connectivity index (χ2v) is 6.15. The van der Waals surface area contributed by atoms with E-state index in [4.69, 9.17) is 9.84 Å². The normalized spacial score (nSPS) is 25.2. The molecule has 116 valence electrons. The molecule has 0 amide bonds. The maximum atomic E-state index is 12.5. The SMILES string of the molecule is CN1CCCC2(CC(=O)c3cc(/C=C/C(=O)O)ccc3O2)C1. The fourth-order valence-electron chi connectivity index (χ4n) is 3.33. The van der Waals surface area contributed by atoms with E-state index in [1.165, 1.54) is 6.08 Å². The molecule has 0 bridgehead atoms. The zero-order valence-corrected chi connectivity index (χ0v) is 12.5. The van der Waals surface area contributed by atoms with Crippen LogP contribution in [0.3, 0.4) is 0 Å². The number of Topliss-reactive ketones (excluding diaryl/α,β-unsaturated/α-hetero) is 1. The van der Waals surface area contributed by atoms with E-state index < -0.39 is 11.6 Å². The molecular formula is C17H19NO4. The van der Waals surface area contributed by atoms with Gasteiger partial charge in [-0.25, -0.2) is 4.79 Å². The van der Waals surface area contributed by atoms with Crippen molar-refractivity contribution < 1.29 is 19.4 Å². The number of likely N-dealkylation sites (tertiary alicyclic amines) is 1. The number of carboxylic acid groups (broad SMARTS) is 1. The number of nitrogens with zero attached hydrogens (tertiary/aromatic N) is 1. The number of benzene rings is 1. The van der Waals surface area contributed by atoms with E-state index in [0.717, 1.165) is 32.0 Å². The highest BCUT2D eigenvalue weighted by Crippen LogP contribution is 2.38. The van der Waals surface area contributed by atoms with Crippen LogP contribution in [-0.2, 0) is 4.79 Å². The van der Waals surface area contributed by atoms with E-state index in [1.807, 2.05) is 7.05 Å². The van der Waals surface area contributed by atoms with Gasteiger partial charge in [-0.3, -0.25) is 4.79 Å². The third kappa shape index (κ3) is 2.90. The number of rotatable bonds is 2. The maximum Gasteiger partial charge on any atom is 0.328 e. The molecule has 2 aliphatic rings. The molecule has 1 unspecified atom stereocenters. The molecule has 5 nitrogen and oxygen atoms in total. The standard InChI is InChI=1S/C17H19NO4/c1-18-8-2-7-17(11-18)10-14(19)13-9-12(4-6-16(20)21)3-5-15(13)22-17/h3-6,9H,2,7-8,10-11H2,1H3,(H,20,21)/b6-4+. The number of aliphatic carboxylic acids is 1. The second kappa shape index (κ2) is 5.57. The number of ketones is 1. The molecule has 0 aliphatic carbocycles. The summed E-state index contributed by atoms with van der Waals surface area (Å²) in [4.78, 5) is 25.3. The Morgan fingerprint density at radius 2 is 2.27 bits per heavy atom. The summed E-state index contributed by atoms with van der Waals surface area (Å²) in [7, 11) is 2.05. The Kier molecular flexibility index (Phi) is 3.74. The summed E-state index contributed by atoms with van der Waals surface area (Å²) in [6.07, 6.45) is 4.85. The topological polar surface area (TPSA) is 66.8 Å². The van der Waals surface area contributed by atoms with Gasteiger partial charge in [0.1, 0.15) is 11.4 Å². The fourth-order valence-corrected chi connectivity index (χ4v) is 3.33. The average Bonchev–Trinajstić information content (AvgIpc) is 2.45. The van der Waals surface area contributed by atoms with Gasteiger partial charge >= 0.3 is 5.97 Å². The van der Waals surface area contributed by atoms with Gasteiger partial charge in [-0.1, -0.05) is 6.07 Å². The van der Waals surface area contributed by atoms with Gasteiger partial charge in [-0.2, -0.15) is 0 Å². The summed E-state index contributed by atoms with van der Waals surface area (Å²) in [6.45, 7) is 1.80. The Labute approximate surface area is 129 Å². The number of carboxylic acids is 1. The maximum absolute atomic E-state index is 12.5. The Hall–Kier alpha value is -2.14. The summed E-state index contributed by atoms with van der Waals surface area (Å²) in [5.74, 6) is -0.328. The molecule has 1 fully saturated rings. The van der Waals surface area contributed by atoms with Gasteiger partial charge in [0.2, 0.25) is 0 Å². The minimum absolute atomic E-state index is 0.0714. The van der Waals surface area contributed by atoms with Crippen LogP contribution in [0.2, 0.25) is 0 Å². The quantitative estimate of drug-likeness (QED) is 0.848. The molecule has 5 heteroatoms. The zero-order valence-electron chi connectivity index (χ0n) is 12.5. The molecule has 3 rings (SSSR count). The van der Waals surface area contributed by atoms with Crippen LogP contribution in [0.25, 0.3) is 6.08 Å². The lowest BCUT2D eigenvalue weighted by molar-refractivity contribution is -0.131. The van der Waals surface area contributed by atoms with Crippen molar-refractivity contribution in [2.75, 3.05) is 20.1 Å². The van der Waals surface area contributed by atoms with E-state index in [9.17, 15) is 9.59 Å². The van der Waals surface area contributed by atoms with Crippen LogP contribution in [0.5, 0.6) is 5.75 Å². The van der Waals surface area contributed by atoms with E-state index in [-0.39, 0.29) is 5.78 Å². The van der Waals surface area contributed by atoms with E-state index >= 15 is 0 Å². The monoisotopic (exact) mass is 301 g/mol. The molecule has 22 heavy (non-hydrogen) atoms. The van der Waals surface area contributed by atoms with Crippen LogP contribution in [0, 0.1) is 0 Å². The van der Waals surface area contributed by atoms with Crippen molar-refractivity contribution in [3.8, 4) is 5.75 Å². The summed E-state index contributed by atoms with van der Waals surface area (Å²) >= 11 is 0. The largest absolute Gasteiger partial charge is 0.485 e. The highest BCUT2D eigenvalue weighted by atomic mass is 16.5. The van der Waals surface area contributed by atoms with Crippen LogP contribution in [-0.4, -0.2) is 47.5 Å². The van der Waals surface area contributed by atoms with Gasteiger partial charge in [0.05, 0.1) is 12.0 Å². The van der Waals surface area contributed by atoms with E-state index in [0.29, 0.717) is 23.3 Å². The molecule has 1 saturated heterocycles. The number of carbonyl (C=O) groups is 2. The summed E-state index contributed by atoms with van der Waals surface area (Å²) in [5.41, 5.74) is 0.830. The average molecular weight is 301 g/mol. The number of fused-ring (bicyclic) bond motifs is 1. The van der Waals surface area contributed by atoms with Gasteiger partial charge in [0.25, 0.3) is 0 Å². The van der Waals surface area contributed by atoms with Crippen LogP contribution >= 0.6 is 0 Å². The Bertz CT molecular complexity index is 652. The van der Waals surface area contributed by atoms with Crippen molar-refractivity contribution in [3.05, 3.63) is 35.4 Å². The Morgan fingerprint density at radius 3 is 3.00 bits per heavy atom. The minimum Gasteiger partial charge on any atom is -0.485 e. The van der Waals surface area contributed by atoms with Gasteiger partial charge in [-0.15, -0.1) is 0 Å². The van der Waals surface area contributed by atoms with E-state index in [2.05, 4.69) is 4.90 Å². The lowest BCUT2D eigenvalue weighted by Gasteiger charge is -2.43. The van der Waals surface area contributed by atoms with Crippen LogP contribution in [0.1, 0.15) is 35.2 Å². The highest BCUT2D eigenvalue weighted by molar-refractivity contribution is 6.01. The summed E-state index contributed by atoms with van der Waals surface area (Å²) in [6, 6.07) is 5.25.